The summed E-state index contributed by atoms with van der Waals surface area (Å²) < 4.78 is 27.0. The third kappa shape index (κ3) is 4.35. The molecule has 0 aliphatic carbocycles. The quantitative estimate of drug-likeness (QED) is 0.614. The van der Waals surface area contributed by atoms with E-state index in [2.05, 4.69) is 4.72 Å². The fourth-order valence-corrected chi connectivity index (χ4v) is 2.43. The van der Waals surface area contributed by atoms with Gasteiger partial charge < -0.3 is 10.2 Å². The van der Waals surface area contributed by atoms with E-state index in [0.717, 1.165) is 9.87 Å². The Kier molecular flexibility index (Phi) is 5.70. The maximum Gasteiger partial charge on any atom is 0.279 e. The molecule has 3 N–H and O–H groups in total. The Balaban J connectivity index is 2.68. The van der Waals surface area contributed by atoms with Crippen LogP contribution in [0.15, 0.2) is 30.3 Å². The van der Waals surface area contributed by atoms with Crippen LogP contribution in [0.5, 0.6) is 0 Å². The van der Waals surface area contributed by atoms with Gasteiger partial charge in [0, 0.05) is 13.6 Å². The summed E-state index contributed by atoms with van der Waals surface area (Å²) in [6.07, 6.45) is 0. The largest absolute Gasteiger partial charge is 0.395 e. The van der Waals surface area contributed by atoms with E-state index in [-0.39, 0.29) is 6.54 Å². The number of aliphatic hydroxyl groups excluding tert-OH is 2. The van der Waals surface area contributed by atoms with Gasteiger partial charge in [-0.2, -0.15) is 17.4 Å². The van der Waals surface area contributed by atoms with Crippen molar-refractivity contribution in [2.75, 3.05) is 20.3 Å². The molecule has 0 spiro atoms. The number of hydrogen-bond donors (Lipinski definition) is 3. The van der Waals surface area contributed by atoms with Crippen LogP contribution >= 0.6 is 0 Å². The van der Waals surface area contributed by atoms with E-state index >= 15 is 0 Å². The first kappa shape index (κ1) is 15.1. The summed E-state index contributed by atoms with van der Waals surface area (Å²) in [6.45, 7) is -0.677. The zero-order chi connectivity index (χ0) is 13.6. The standard InChI is InChI=1S/C11H18N2O4S/c1-13(7-10-5-3-2-4-6-10)18(16,17)12-11(8-14)9-15/h2-6,11-12,14-15H,7-9H2,1H3. The zero-order valence-corrected chi connectivity index (χ0v) is 11.0. The van der Waals surface area contributed by atoms with Crippen LogP contribution in [-0.4, -0.2) is 49.2 Å². The molecule has 0 bridgehead atoms. The number of benzene rings is 1. The van der Waals surface area contributed by atoms with Gasteiger partial charge in [0.1, 0.15) is 0 Å². The van der Waals surface area contributed by atoms with Crippen LogP contribution in [0.2, 0.25) is 0 Å². The second-order valence-corrected chi connectivity index (χ2v) is 5.74. The van der Waals surface area contributed by atoms with Gasteiger partial charge in [0.2, 0.25) is 0 Å². The average Bonchev–Trinajstić information content (AvgIpc) is 2.37. The predicted octanol–water partition coefficient (Wildman–Crippen LogP) is -0.694. The Morgan fingerprint density at radius 2 is 1.78 bits per heavy atom. The minimum absolute atomic E-state index is 0.222. The highest BCUT2D eigenvalue weighted by atomic mass is 32.2. The molecule has 6 nitrogen and oxygen atoms in total. The summed E-state index contributed by atoms with van der Waals surface area (Å²) in [5.41, 5.74) is 0.856. The first-order valence-electron chi connectivity index (χ1n) is 5.49. The Labute approximate surface area is 107 Å². The molecule has 7 heteroatoms. The summed E-state index contributed by atoms with van der Waals surface area (Å²) >= 11 is 0. The molecule has 0 heterocycles. The van der Waals surface area contributed by atoms with E-state index in [9.17, 15) is 8.42 Å². The minimum atomic E-state index is -3.72. The molecule has 18 heavy (non-hydrogen) atoms. The Morgan fingerprint density at radius 3 is 2.28 bits per heavy atom. The van der Waals surface area contributed by atoms with Gasteiger partial charge in [0.05, 0.1) is 19.3 Å². The maximum absolute atomic E-state index is 11.9. The van der Waals surface area contributed by atoms with Crippen molar-refractivity contribution < 1.29 is 18.6 Å². The van der Waals surface area contributed by atoms with Crippen molar-refractivity contribution >= 4 is 10.2 Å². The molecule has 0 radical (unpaired) electrons. The fourth-order valence-electron chi connectivity index (χ4n) is 1.36. The lowest BCUT2D eigenvalue weighted by atomic mass is 10.2. The van der Waals surface area contributed by atoms with Gasteiger partial charge in [0.15, 0.2) is 0 Å². The van der Waals surface area contributed by atoms with Gasteiger partial charge in [-0.3, -0.25) is 0 Å². The van der Waals surface area contributed by atoms with E-state index in [4.69, 9.17) is 10.2 Å². The van der Waals surface area contributed by atoms with Gasteiger partial charge in [-0.05, 0) is 5.56 Å². The Hall–Kier alpha value is -0.990. The van der Waals surface area contributed by atoms with Gasteiger partial charge >= 0.3 is 0 Å². The molecule has 0 aliphatic heterocycles. The van der Waals surface area contributed by atoms with Gasteiger partial charge in [-0.1, -0.05) is 30.3 Å². The van der Waals surface area contributed by atoms with Crippen molar-refractivity contribution in [2.24, 2.45) is 0 Å². The molecular weight excluding hydrogens is 256 g/mol. The molecule has 1 rings (SSSR count). The summed E-state index contributed by atoms with van der Waals surface area (Å²) in [4.78, 5) is 0. The molecule has 0 saturated heterocycles. The summed E-state index contributed by atoms with van der Waals surface area (Å²) in [7, 11) is -2.29. The molecule has 102 valence electrons. The minimum Gasteiger partial charge on any atom is -0.395 e. The number of rotatable bonds is 7. The highest BCUT2D eigenvalue weighted by molar-refractivity contribution is 7.87. The first-order valence-corrected chi connectivity index (χ1v) is 6.93. The van der Waals surface area contributed by atoms with Crippen LogP contribution in [0, 0.1) is 0 Å². The SMILES string of the molecule is CN(Cc1ccccc1)S(=O)(=O)NC(CO)CO. The normalized spacial score (nSPS) is 12.3. The van der Waals surface area contributed by atoms with Crippen LogP contribution in [0.1, 0.15) is 5.56 Å². The number of aliphatic hydroxyl groups is 2. The molecule has 0 aliphatic rings. The maximum atomic E-state index is 11.9. The lowest BCUT2D eigenvalue weighted by Gasteiger charge is -2.21. The fraction of sp³-hybridized carbons (Fsp3) is 0.455. The molecule has 0 fully saturated rings. The first-order chi connectivity index (χ1) is 8.49. The smallest absolute Gasteiger partial charge is 0.279 e. The van der Waals surface area contributed by atoms with Gasteiger partial charge in [-0.15, -0.1) is 0 Å². The van der Waals surface area contributed by atoms with E-state index in [1.54, 1.807) is 0 Å². The topological polar surface area (TPSA) is 89.9 Å². The van der Waals surface area contributed by atoms with Gasteiger partial charge in [-0.25, -0.2) is 0 Å². The highest BCUT2D eigenvalue weighted by Gasteiger charge is 2.21. The van der Waals surface area contributed by atoms with Crippen molar-refractivity contribution in [3.05, 3.63) is 35.9 Å². The van der Waals surface area contributed by atoms with Crippen LogP contribution < -0.4 is 4.72 Å². The van der Waals surface area contributed by atoms with Crippen molar-refractivity contribution in [3.63, 3.8) is 0 Å². The third-order valence-electron chi connectivity index (χ3n) is 2.41. The van der Waals surface area contributed by atoms with Crippen LogP contribution in [0.3, 0.4) is 0 Å². The van der Waals surface area contributed by atoms with Crippen molar-refractivity contribution in [3.8, 4) is 0 Å². The van der Waals surface area contributed by atoms with Crippen LogP contribution in [-0.2, 0) is 16.8 Å². The number of hydrogen-bond acceptors (Lipinski definition) is 4. The number of nitrogens with zero attached hydrogens (tertiary/aromatic N) is 1. The average molecular weight is 274 g/mol. The number of nitrogens with one attached hydrogen (secondary N) is 1. The van der Waals surface area contributed by atoms with Crippen LogP contribution in [0.4, 0.5) is 0 Å². The van der Waals surface area contributed by atoms with Crippen molar-refractivity contribution in [2.45, 2.75) is 12.6 Å². The molecule has 0 saturated carbocycles. The van der Waals surface area contributed by atoms with Crippen molar-refractivity contribution in [1.82, 2.24) is 9.03 Å². The van der Waals surface area contributed by atoms with E-state index in [0.29, 0.717) is 0 Å². The summed E-state index contributed by atoms with van der Waals surface area (Å²) in [5, 5.41) is 17.7. The third-order valence-corrected chi connectivity index (χ3v) is 4.00. The predicted molar refractivity (Wildman–Crippen MR) is 67.9 cm³/mol. The van der Waals surface area contributed by atoms with Gasteiger partial charge in [0.25, 0.3) is 10.2 Å². The second-order valence-electron chi connectivity index (χ2n) is 3.93. The zero-order valence-electron chi connectivity index (χ0n) is 10.2. The molecular formula is C11H18N2O4S. The molecule has 0 aromatic heterocycles. The molecule has 1 aromatic rings. The molecule has 0 amide bonds. The molecule has 0 unspecified atom stereocenters. The second kappa shape index (κ2) is 6.81. The van der Waals surface area contributed by atoms with E-state index in [1.807, 2.05) is 30.3 Å². The molecule has 1 aromatic carbocycles. The lowest BCUT2D eigenvalue weighted by Crippen LogP contribution is -2.46. The Bertz CT molecular complexity index is 445. The summed E-state index contributed by atoms with van der Waals surface area (Å²) in [5.74, 6) is 0. The highest BCUT2D eigenvalue weighted by Crippen LogP contribution is 2.06. The lowest BCUT2D eigenvalue weighted by molar-refractivity contribution is 0.183. The van der Waals surface area contributed by atoms with Crippen LogP contribution in [0.25, 0.3) is 0 Å². The Morgan fingerprint density at radius 1 is 1.22 bits per heavy atom. The molecule has 0 atom stereocenters. The van der Waals surface area contributed by atoms with E-state index < -0.39 is 29.5 Å². The monoisotopic (exact) mass is 274 g/mol. The van der Waals surface area contributed by atoms with Crippen molar-refractivity contribution in [1.29, 1.82) is 0 Å². The van der Waals surface area contributed by atoms with E-state index in [1.165, 1.54) is 7.05 Å². The summed E-state index contributed by atoms with van der Waals surface area (Å²) in [6, 6.07) is 8.27.